The third-order valence-corrected chi connectivity index (χ3v) is 4.46. The first-order valence-electron chi connectivity index (χ1n) is 7.13. The van der Waals surface area contributed by atoms with E-state index in [0.717, 1.165) is 16.3 Å². The Morgan fingerprint density at radius 3 is 2.29 bits per heavy atom. The highest BCUT2D eigenvalue weighted by Gasteiger charge is 2.08. The summed E-state index contributed by atoms with van der Waals surface area (Å²) in [6.45, 7) is 1.99. The summed E-state index contributed by atoms with van der Waals surface area (Å²) in [6.07, 6.45) is 0. The lowest BCUT2D eigenvalue weighted by Crippen LogP contribution is -1.96. The first-order chi connectivity index (χ1) is 11.3. The van der Waals surface area contributed by atoms with Crippen molar-refractivity contribution >= 4 is 38.0 Å². The van der Waals surface area contributed by atoms with Gasteiger partial charge in [-0.25, -0.2) is 0 Å². The number of aryl methyl sites for hydroxylation is 1. The zero-order valence-corrected chi connectivity index (χ0v) is 13.7. The van der Waals surface area contributed by atoms with Gasteiger partial charge < -0.3 is 5.73 Å². The Hall–Kier alpha value is -2.77. The highest BCUT2D eigenvalue weighted by molar-refractivity contribution is 7.85. The van der Waals surface area contributed by atoms with Gasteiger partial charge in [-0.2, -0.15) is 13.5 Å². The van der Waals surface area contributed by atoms with Gasteiger partial charge in [0.15, 0.2) is 0 Å². The van der Waals surface area contributed by atoms with Crippen LogP contribution in [0.15, 0.2) is 69.7 Å². The first kappa shape index (κ1) is 16.1. The van der Waals surface area contributed by atoms with Crippen LogP contribution >= 0.6 is 0 Å². The molecule has 0 fully saturated rings. The third-order valence-electron chi connectivity index (χ3n) is 3.59. The summed E-state index contributed by atoms with van der Waals surface area (Å²) < 4.78 is 31.0. The van der Waals surface area contributed by atoms with Crippen molar-refractivity contribution in [3.05, 3.63) is 60.2 Å². The monoisotopic (exact) mass is 341 g/mol. The molecule has 0 aromatic heterocycles. The highest BCUT2D eigenvalue weighted by Crippen LogP contribution is 2.32. The lowest BCUT2D eigenvalue weighted by atomic mass is 10.0. The zero-order valence-electron chi connectivity index (χ0n) is 12.8. The van der Waals surface area contributed by atoms with Gasteiger partial charge in [-0.1, -0.05) is 17.7 Å². The van der Waals surface area contributed by atoms with E-state index in [2.05, 4.69) is 10.2 Å². The van der Waals surface area contributed by atoms with Crippen LogP contribution in [0.25, 0.3) is 10.8 Å². The average molecular weight is 341 g/mol. The highest BCUT2D eigenvalue weighted by atomic mass is 32.2. The molecule has 0 saturated heterocycles. The van der Waals surface area contributed by atoms with Crippen molar-refractivity contribution in [2.45, 2.75) is 11.8 Å². The van der Waals surface area contributed by atoms with Crippen LogP contribution in [-0.2, 0) is 10.1 Å². The molecule has 0 aliphatic carbocycles. The second-order valence-corrected chi connectivity index (χ2v) is 6.81. The summed E-state index contributed by atoms with van der Waals surface area (Å²) in [7, 11) is -4.21. The van der Waals surface area contributed by atoms with E-state index < -0.39 is 10.1 Å². The maximum atomic E-state index is 11.0. The summed E-state index contributed by atoms with van der Waals surface area (Å²) in [5.74, 6) is 0. The Balaban J connectivity index is 1.98. The van der Waals surface area contributed by atoms with E-state index in [-0.39, 0.29) is 4.90 Å². The van der Waals surface area contributed by atoms with Crippen LogP contribution in [-0.4, -0.2) is 13.0 Å². The molecule has 0 aliphatic heterocycles. The summed E-state index contributed by atoms with van der Waals surface area (Å²) >= 11 is 0. The summed E-state index contributed by atoms with van der Waals surface area (Å²) in [4.78, 5) is -0.185. The van der Waals surface area contributed by atoms with E-state index in [1.54, 1.807) is 12.1 Å². The lowest BCUT2D eigenvalue weighted by Gasteiger charge is -2.05. The molecule has 3 N–H and O–H groups in total. The number of rotatable bonds is 3. The van der Waals surface area contributed by atoms with Gasteiger partial charge >= 0.3 is 0 Å². The number of fused-ring (bicyclic) bond motifs is 1. The number of nitrogens with zero attached hydrogens (tertiary/aromatic N) is 2. The van der Waals surface area contributed by atoms with E-state index in [1.807, 2.05) is 25.1 Å². The second kappa shape index (κ2) is 6.03. The Morgan fingerprint density at radius 2 is 1.62 bits per heavy atom. The quantitative estimate of drug-likeness (QED) is 0.418. The van der Waals surface area contributed by atoms with Crippen molar-refractivity contribution in [1.82, 2.24) is 0 Å². The van der Waals surface area contributed by atoms with Crippen LogP contribution in [0.5, 0.6) is 0 Å². The number of nitrogen functional groups attached to an aromatic ring is 1. The van der Waals surface area contributed by atoms with E-state index >= 15 is 0 Å². The van der Waals surface area contributed by atoms with Crippen molar-refractivity contribution in [3.63, 3.8) is 0 Å². The molecule has 3 aromatic rings. The van der Waals surface area contributed by atoms with E-state index in [0.29, 0.717) is 17.1 Å². The number of hydrogen-bond acceptors (Lipinski definition) is 5. The molecule has 0 unspecified atom stereocenters. The minimum absolute atomic E-state index is 0.185. The molecule has 0 atom stereocenters. The molecule has 0 radical (unpaired) electrons. The number of azo groups is 1. The molecule has 3 aromatic carbocycles. The third kappa shape index (κ3) is 3.27. The van der Waals surface area contributed by atoms with E-state index in [4.69, 9.17) is 10.3 Å². The molecule has 3 rings (SSSR count). The maximum Gasteiger partial charge on any atom is 0.294 e. The Morgan fingerprint density at radius 1 is 0.917 bits per heavy atom. The standard InChI is InChI=1S/C17H15N3O3S/c1-11-2-7-14-15(10-11)16(18)8-9-17(14)20-19-12-3-5-13(6-4-12)24(21,22)23/h2-10H,18H2,1H3,(H,21,22,23). The molecule has 0 amide bonds. The van der Waals surface area contributed by atoms with Crippen LogP contribution in [0.2, 0.25) is 0 Å². The fourth-order valence-corrected chi connectivity index (χ4v) is 2.83. The minimum atomic E-state index is -4.21. The fourth-order valence-electron chi connectivity index (χ4n) is 2.35. The average Bonchev–Trinajstić information content (AvgIpc) is 2.54. The number of anilines is 1. The van der Waals surface area contributed by atoms with Crippen molar-refractivity contribution in [2.75, 3.05) is 5.73 Å². The van der Waals surface area contributed by atoms with Crippen LogP contribution in [0, 0.1) is 6.92 Å². The summed E-state index contributed by atoms with van der Waals surface area (Å²) in [5, 5.41) is 10.1. The molecule has 7 heteroatoms. The van der Waals surface area contributed by atoms with Gasteiger partial charge in [0.1, 0.15) is 0 Å². The Bertz CT molecular complexity index is 1040. The van der Waals surface area contributed by atoms with E-state index in [9.17, 15) is 8.42 Å². The van der Waals surface area contributed by atoms with Gasteiger partial charge in [0.2, 0.25) is 0 Å². The van der Waals surface area contributed by atoms with Crippen LogP contribution in [0.4, 0.5) is 17.1 Å². The molecule has 6 nitrogen and oxygen atoms in total. The molecular weight excluding hydrogens is 326 g/mol. The smallest absolute Gasteiger partial charge is 0.294 e. The summed E-state index contributed by atoms with van der Waals surface area (Å²) in [5.41, 5.74) is 8.91. The zero-order chi connectivity index (χ0) is 17.3. The molecule has 0 aliphatic rings. The molecule has 0 saturated carbocycles. The molecule has 122 valence electrons. The van der Waals surface area contributed by atoms with Gasteiger partial charge in [-0.15, -0.1) is 5.11 Å². The predicted molar refractivity (Wildman–Crippen MR) is 93.5 cm³/mol. The summed E-state index contributed by atoms with van der Waals surface area (Å²) in [6, 6.07) is 14.9. The molecule has 0 bridgehead atoms. The molecule has 0 spiro atoms. The Kier molecular flexibility index (Phi) is 4.04. The molecule has 0 heterocycles. The molecule has 24 heavy (non-hydrogen) atoms. The number of benzene rings is 3. The van der Waals surface area contributed by atoms with Crippen LogP contribution < -0.4 is 5.73 Å². The van der Waals surface area contributed by atoms with Gasteiger partial charge in [0, 0.05) is 16.5 Å². The van der Waals surface area contributed by atoms with Crippen molar-refractivity contribution in [1.29, 1.82) is 0 Å². The fraction of sp³-hybridized carbons (Fsp3) is 0.0588. The van der Waals surface area contributed by atoms with Crippen molar-refractivity contribution in [2.24, 2.45) is 10.2 Å². The Labute approximate surface area is 139 Å². The predicted octanol–water partition coefficient (Wildman–Crippen LogP) is 4.39. The van der Waals surface area contributed by atoms with Crippen molar-refractivity contribution < 1.29 is 13.0 Å². The topological polar surface area (TPSA) is 105 Å². The van der Waals surface area contributed by atoms with Crippen LogP contribution in [0.1, 0.15) is 5.56 Å². The van der Waals surface area contributed by atoms with Gasteiger partial charge in [0.25, 0.3) is 10.1 Å². The van der Waals surface area contributed by atoms with Gasteiger partial charge in [-0.3, -0.25) is 4.55 Å². The molecular formula is C17H15N3O3S. The first-order valence-corrected chi connectivity index (χ1v) is 8.57. The minimum Gasteiger partial charge on any atom is -0.398 e. The normalized spacial score (nSPS) is 12.1. The lowest BCUT2D eigenvalue weighted by molar-refractivity contribution is 0.483. The number of nitrogens with two attached hydrogens (primary N) is 1. The van der Waals surface area contributed by atoms with Gasteiger partial charge in [0.05, 0.1) is 16.3 Å². The maximum absolute atomic E-state index is 11.0. The SMILES string of the molecule is Cc1ccc2c(N=Nc3ccc(S(=O)(=O)O)cc3)ccc(N)c2c1. The van der Waals surface area contributed by atoms with Crippen LogP contribution in [0.3, 0.4) is 0 Å². The second-order valence-electron chi connectivity index (χ2n) is 5.39. The van der Waals surface area contributed by atoms with Gasteiger partial charge in [-0.05, 0) is 49.4 Å². The largest absolute Gasteiger partial charge is 0.398 e. The van der Waals surface area contributed by atoms with E-state index in [1.165, 1.54) is 24.3 Å². The number of hydrogen-bond donors (Lipinski definition) is 2. The van der Waals surface area contributed by atoms with Crippen molar-refractivity contribution in [3.8, 4) is 0 Å².